The maximum Gasteiger partial charge on any atom is 0.211 e. The zero-order chi connectivity index (χ0) is 19.9. The second kappa shape index (κ2) is 6.41. The number of nitriles is 2. The largest absolute Gasteiger partial charge is 0.397 e. The molecule has 0 saturated carbocycles. The van der Waals surface area contributed by atoms with Crippen LogP contribution in [0.1, 0.15) is 35.2 Å². The van der Waals surface area contributed by atoms with Gasteiger partial charge in [0.15, 0.2) is 6.19 Å². The van der Waals surface area contributed by atoms with E-state index in [0.29, 0.717) is 24.6 Å². The molecule has 0 aliphatic carbocycles. The van der Waals surface area contributed by atoms with Gasteiger partial charge in [-0.15, -0.1) is 0 Å². The number of nitrogens with zero attached hydrogens (tertiary/aromatic N) is 4. The SMILES string of the molecule is CC1(c2ccc(C3N=C(NC#N)Nc4nc(N)c(C#N)c(N)c43)cc2)COC1. The van der Waals surface area contributed by atoms with E-state index in [1.54, 1.807) is 0 Å². The lowest BCUT2D eigenvalue weighted by Gasteiger charge is -2.38. The van der Waals surface area contributed by atoms with Crippen molar-refractivity contribution in [1.29, 1.82) is 10.5 Å². The minimum atomic E-state index is -0.535. The molecule has 28 heavy (non-hydrogen) atoms. The van der Waals surface area contributed by atoms with Crippen LogP contribution >= 0.6 is 0 Å². The fourth-order valence-electron chi connectivity index (χ4n) is 3.46. The van der Waals surface area contributed by atoms with Crippen molar-refractivity contribution in [1.82, 2.24) is 10.3 Å². The van der Waals surface area contributed by atoms with Gasteiger partial charge in [0.1, 0.15) is 29.3 Å². The predicted molar refractivity (Wildman–Crippen MR) is 104 cm³/mol. The van der Waals surface area contributed by atoms with Gasteiger partial charge in [0, 0.05) is 11.0 Å². The van der Waals surface area contributed by atoms with Crippen LogP contribution in [0.5, 0.6) is 0 Å². The van der Waals surface area contributed by atoms with Crippen LogP contribution in [0, 0.1) is 22.8 Å². The Hall–Kier alpha value is -3.82. The predicted octanol–water partition coefficient (Wildman–Crippen LogP) is 1.35. The average molecular weight is 374 g/mol. The van der Waals surface area contributed by atoms with Crippen LogP contribution in [0.15, 0.2) is 29.3 Å². The fourth-order valence-corrected chi connectivity index (χ4v) is 3.46. The van der Waals surface area contributed by atoms with E-state index in [1.165, 1.54) is 5.56 Å². The zero-order valence-electron chi connectivity index (χ0n) is 15.2. The molecule has 9 nitrogen and oxygen atoms in total. The van der Waals surface area contributed by atoms with Crippen LogP contribution < -0.4 is 22.1 Å². The van der Waals surface area contributed by atoms with Crippen molar-refractivity contribution in [3.63, 3.8) is 0 Å². The van der Waals surface area contributed by atoms with E-state index in [4.69, 9.17) is 21.5 Å². The lowest BCUT2D eigenvalue weighted by Crippen LogP contribution is -2.43. The Labute approximate surface area is 161 Å². The first-order valence-electron chi connectivity index (χ1n) is 8.64. The normalized spacial score (nSPS) is 19.1. The van der Waals surface area contributed by atoms with E-state index in [9.17, 15) is 5.26 Å². The van der Waals surface area contributed by atoms with Gasteiger partial charge in [0.25, 0.3) is 0 Å². The number of fused-ring (bicyclic) bond motifs is 1. The van der Waals surface area contributed by atoms with Gasteiger partial charge < -0.3 is 21.5 Å². The molecule has 1 atom stereocenters. The van der Waals surface area contributed by atoms with Crippen molar-refractivity contribution >= 4 is 23.3 Å². The number of nitrogen functional groups attached to an aromatic ring is 2. The smallest absolute Gasteiger partial charge is 0.211 e. The van der Waals surface area contributed by atoms with Crippen LogP contribution in [0.25, 0.3) is 0 Å². The van der Waals surface area contributed by atoms with Gasteiger partial charge in [0.05, 0.1) is 18.9 Å². The Morgan fingerprint density at radius 1 is 1.25 bits per heavy atom. The van der Waals surface area contributed by atoms with Crippen molar-refractivity contribution in [2.75, 3.05) is 30.0 Å². The molecule has 140 valence electrons. The van der Waals surface area contributed by atoms with Gasteiger partial charge in [-0.1, -0.05) is 31.2 Å². The standard InChI is InChI=1S/C19H18N8O/c1-19(7-28-8-19)11-4-2-10(3-5-11)15-13-14(22)12(6-20)16(23)26-17(13)27-18(25-15)24-9-21/h2-5,15H,7-8H2,1H3,(H6,22,23,24,25,26,27). The van der Waals surface area contributed by atoms with Gasteiger partial charge in [-0.2, -0.15) is 10.5 Å². The van der Waals surface area contributed by atoms with Crippen LogP contribution in [-0.2, 0) is 10.2 Å². The second-order valence-electron chi connectivity index (χ2n) is 7.08. The molecule has 4 rings (SSSR count). The van der Waals surface area contributed by atoms with Crippen LogP contribution in [0.2, 0.25) is 0 Å². The highest BCUT2D eigenvalue weighted by Crippen LogP contribution is 2.41. The molecule has 2 aromatic rings. The zero-order valence-corrected chi connectivity index (χ0v) is 15.2. The summed E-state index contributed by atoms with van der Waals surface area (Å²) in [6.07, 6.45) is 1.84. The summed E-state index contributed by atoms with van der Waals surface area (Å²) >= 11 is 0. The number of hydrogen-bond acceptors (Lipinski definition) is 9. The maximum absolute atomic E-state index is 9.38. The molecule has 1 aromatic carbocycles. The molecule has 6 N–H and O–H groups in total. The van der Waals surface area contributed by atoms with Crippen molar-refractivity contribution in [3.05, 3.63) is 46.5 Å². The van der Waals surface area contributed by atoms with E-state index in [-0.39, 0.29) is 28.4 Å². The average Bonchev–Trinajstić information content (AvgIpc) is 2.66. The first-order chi connectivity index (χ1) is 13.5. The van der Waals surface area contributed by atoms with E-state index >= 15 is 0 Å². The Kier molecular flexibility index (Phi) is 4.03. The third-order valence-corrected chi connectivity index (χ3v) is 5.12. The van der Waals surface area contributed by atoms with Crippen LogP contribution in [0.3, 0.4) is 0 Å². The molecule has 1 saturated heterocycles. The number of aliphatic imine (C=N–C) groups is 1. The van der Waals surface area contributed by atoms with Gasteiger partial charge >= 0.3 is 0 Å². The quantitative estimate of drug-likeness (QED) is 0.453. The minimum Gasteiger partial charge on any atom is -0.397 e. The third kappa shape index (κ3) is 2.66. The highest BCUT2D eigenvalue weighted by atomic mass is 16.5. The monoisotopic (exact) mass is 374 g/mol. The minimum absolute atomic E-state index is 0.0182. The molecular weight excluding hydrogens is 356 g/mol. The molecule has 0 amide bonds. The Balaban J connectivity index is 1.82. The van der Waals surface area contributed by atoms with Crippen molar-refractivity contribution in [3.8, 4) is 12.3 Å². The molecular formula is C19H18N8O. The van der Waals surface area contributed by atoms with E-state index in [2.05, 4.69) is 27.5 Å². The molecule has 9 heteroatoms. The van der Waals surface area contributed by atoms with E-state index in [1.807, 2.05) is 36.5 Å². The molecule has 3 heterocycles. The lowest BCUT2D eigenvalue weighted by atomic mass is 9.80. The molecule has 2 aliphatic rings. The lowest BCUT2D eigenvalue weighted by molar-refractivity contribution is -0.0500. The van der Waals surface area contributed by atoms with Gasteiger partial charge in [0.2, 0.25) is 5.96 Å². The van der Waals surface area contributed by atoms with Crippen LogP contribution in [-0.4, -0.2) is 24.2 Å². The number of anilines is 3. The number of rotatable bonds is 2. The second-order valence-corrected chi connectivity index (χ2v) is 7.08. The van der Waals surface area contributed by atoms with Crippen molar-refractivity contribution in [2.45, 2.75) is 18.4 Å². The summed E-state index contributed by atoms with van der Waals surface area (Å²) in [6.45, 7) is 3.54. The summed E-state index contributed by atoms with van der Waals surface area (Å²) < 4.78 is 5.34. The van der Waals surface area contributed by atoms with Crippen LogP contribution in [0.4, 0.5) is 17.3 Å². The third-order valence-electron chi connectivity index (χ3n) is 5.12. The number of nitrogens with one attached hydrogen (secondary N) is 2. The Morgan fingerprint density at radius 2 is 1.96 bits per heavy atom. The summed E-state index contributed by atoms with van der Waals surface area (Å²) in [5.41, 5.74) is 15.1. The molecule has 2 aliphatic heterocycles. The molecule has 0 radical (unpaired) electrons. The number of aromatic nitrogens is 1. The Morgan fingerprint density at radius 3 is 2.54 bits per heavy atom. The number of hydrogen-bond donors (Lipinski definition) is 4. The fraction of sp³-hybridized carbons (Fsp3) is 0.263. The first-order valence-corrected chi connectivity index (χ1v) is 8.64. The number of pyridine rings is 1. The first kappa shape index (κ1) is 17.6. The Bertz CT molecular complexity index is 1060. The summed E-state index contributed by atoms with van der Waals surface area (Å²) in [5, 5.41) is 23.7. The molecule has 1 unspecified atom stereocenters. The molecule has 0 spiro atoms. The number of nitrogens with two attached hydrogens (primary N) is 2. The highest BCUT2D eigenvalue weighted by molar-refractivity contribution is 5.98. The number of guanidine groups is 1. The highest BCUT2D eigenvalue weighted by Gasteiger charge is 2.35. The summed E-state index contributed by atoms with van der Waals surface area (Å²) in [4.78, 5) is 8.80. The topological polar surface area (TPSA) is 158 Å². The summed E-state index contributed by atoms with van der Waals surface area (Å²) in [6, 6.07) is 9.47. The molecule has 0 bridgehead atoms. The van der Waals surface area contributed by atoms with E-state index in [0.717, 1.165) is 5.56 Å². The van der Waals surface area contributed by atoms with E-state index < -0.39 is 6.04 Å². The van der Waals surface area contributed by atoms with Crippen molar-refractivity contribution < 1.29 is 4.74 Å². The maximum atomic E-state index is 9.38. The molecule has 1 aromatic heterocycles. The van der Waals surface area contributed by atoms with Gasteiger partial charge in [-0.3, -0.25) is 5.32 Å². The number of ether oxygens (including phenoxy) is 1. The molecule has 1 fully saturated rings. The number of benzene rings is 1. The summed E-state index contributed by atoms with van der Waals surface area (Å²) in [5.74, 6) is 0.631. The summed E-state index contributed by atoms with van der Waals surface area (Å²) in [7, 11) is 0. The van der Waals surface area contributed by atoms with Gasteiger partial charge in [-0.05, 0) is 11.1 Å². The van der Waals surface area contributed by atoms with Crippen molar-refractivity contribution in [2.24, 2.45) is 4.99 Å². The van der Waals surface area contributed by atoms with Gasteiger partial charge in [-0.25, -0.2) is 9.98 Å².